The van der Waals surface area contributed by atoms with Crippen LogP contribution in [0.1, 0.15) is 19.0 Å². The highest BCUT2D eigenvalue weighted by Gasteiger charge is 2.10. The minimum atomic E-state index is 0.189. The molecule has 0 aromatic carbocycles. The smallest absolute Gasteiger partial charge is 0.151 e. The topological polar surface area (TPSA) is 75.3 Å². The van der Waals surface area contributed by atoms with Gasteiger partial charge in [0.2, 0.25) is 0 Å². The lowest BCUT2D eigenvalue weighted by atomic mass is 10.3. The van der Waals surface area contributed by atoms with Gasteiger partial charge < -0.3 is 15.7 Å². The van der Waals surface area contributed by atoms with Crippen molar-refractivity contribution < 1.29 is 5.11 Å². The molecule has 84 valence electrons. The van der Waals surface area contributed by atoms with E-state index in [9.17, 15) is 0 Å². The molecule has 0 aliphatic carbocycles. The Kier molecular flexibility index (Phi) is 5.00. The Bertz CT molecular complexity index is 293. The van der Waals surface area contributed by atoms with Crippen LogP contribution in [0.3, 0.4) is 0 Å². The third-order valence-corrected chi connectivity index (χ3v) is 2.21. The molecule has 0 bridgehead atoms. The fourth-order valence-electron chi connectivity index (χ4n) is 1.44. The van der Waals surface area contributed by atoms with E-state index in [0.717, 1.165) is 31.0 Å². The Morgan fingerprint density at radius 2 is 2.13 bits per heavy atom. The van der Waals surface area contributed by atoms with Gasteiger partial charge in [-0.3, -0.25) is 4.98 Å². The Morgan fingerprint density at radius 1 is 1.40 bits per heavy atom. The first-order chi connectivity index (χ1) is 7.33. The molecule has 5 nitrogen and oxygen atoms in total. The molecule has 0 aliphatic heterocycles. The average Bonchev–Trinajstić information content (AvgIpc) is 2.30. The van der Waals surface area contributed by atoms with Crippen molar-refractivity contribution in [2.24, 2.45) is 5.73 Å². The Hall–Kier alpha value is -1.20. The first-order valence-corrected chi connectivity index (χ1v) is 5.19. The summed E-state index contributed by atoms with van der Waals surface area (Å²) in [7, 11) is 0. The average molecular weight is 210 g/mol. The van der Waals surface area contributed by atoms with E-state index in [1.165, 1.54) is 0 Å². The number of hydrogen-bond acceptors (Lipinski definition) is 5. The number of hydrogen-bond donors (Lipinski definition) is 2. The lowest BCUT2D eigenvalue weighted by Gasteiger charge is -2.22. The standard InChI is InChI=1S/C10H18N4O/c1-2-14(6-3-7-15)10-9(8-11)12-4-5-13-10/h4-5,15H,2-3,6-8,11H2,1H3. The van der Waals surface area contributed by atoms with Crippen LogP contribution in [0.2, 0.25) is 0 Å². The van der Waals surface area contributed by atoms with E-state index in [4.69, 9.17) is 10.8 Å². The number of rotatable bonds is 6. The van der Waals surface area contributed by atoms with Crippen LogP contribution in [-0.2, 0) is 6.54 Å². The maximum atomic E-state index is 8.80. The molecular weight excluding hydrogens is 192 g/mol. The van der Waals surface area contributed by atoms with Gasteiger partial charge in [-0.05, 0) is 13.3 Å². The lowest BCUT2D eigenvalue weighted by molar-refractivity contribution is 0.289. The highest BCUT2D eigenvalue weighted by Crippen LogP contribution is 2.14. The van der Waals surface area contributed by atoms with Crippen LogP contribution in [0.5, 0.6) is 0 Å². The SMILES string of the molecule is CCN(CCCO)c1nccnc1CN. The van der Waals surface area contributed by atoms with Gasteiger partial charge in [-0.2, -0.15) is 0 Å². The van der Waals surface area contributed by atoms with Gasteiger partial charge in [0.05, 0.1) is 5.69 Å². The maximum absolute atomic E-state index is 8.80. The number of aliphatic hydroxyl groups excluding tert-OH is 1. The molecule has 1 heterocycles. The molecule has 0 aliphatic rings. The molecule has 1 aromatic heterocycles. The van der Waals surface area contributed by atoms with Crippen LogP contribution in [0, 0.1) is 0 Å². The Morgan fingerprint density at radius 3 is 2.73 bits per heavy atom. The van der Waals surface area contributed by atoms with Crippen molar-refractivity contribution >= 4 is 5.82 Å². The van der Waals surface area contributed by atoms with Gasteiger partial charge in [-0.25, -0.2) is 4.98 Å². The molecule has 1 aromatic rings. The summed E-state index contributed by atoms with van der Waals surface area (Å²) >= 11 is 0. The molecule has 15 heavy (non-hydrogen) atoms. The molecule has 5 heteroatoms. The zero-order valence-corrected chi connectivity index (χ0v) is 9.06. The highest BCUT2D eigenvalue weighted by molar-refractivity contribution is 5.42. The molecule has 0 saturated heterocycles. The van der Waals surface area contributed by atoms with Gasteiger partial charge >= 0.3 is 0 Å². The summed E-state index contributed by atoms with van der Waals surface area (Å²) < 4.78 is 0. The third-order valence-electron chi connectivity index (χ3n) is 2.21. The molecule has 0 amide bonds. The number of aliphatic hydroxyl groups is 1. The normalized spacial score (nSPS) is 10.3. The molecule has 0 atom stereocenters. The minimum absolute atomic E-state index is 0.189. The third kappa shape index (κ3) is 3.14. The number of nitrogens with two attached hydrogens (primary N) is 1. The monoisotopic (exact) mass is 210 g/mol. The molecule has 0 unspecified atom stereocenters. The number of aromatic nitrogens is 2. The quantitative estimate of drug-likeness (QED) is 0.698. The highest BCUT2D eigenvalue weighted by atomic mass is 16.3. The largest absolute Gasteiger partial charge is 0.396 e. The van der Waals surface area contributed by atoms with Gasteiger partial charge in [0, 0.05) is 38.6 Å². The van der Waals surface area contributed by atoms with E-state index in [1.54, 1.807) is 12.4 Å². The van der Waals surface area contributed by atoms with Crippen LogP contribution in [0.4, 0.5) is 5.82 Å². The number of nitrogens with zero attached hydrogens (tertiary/aromatic N) is 3. The van der Waals surface area contributed by atoms with Crippen LogP contribution < -0.4 is 10.6 Å². The molecule has 0 saturated carbocycles. The summed E-state index contributed by atoms with van der Waals surface area (Å²) in [4.78, 5) is 10.5. The van der Waals surface area contributed by atoms with Gasteiger partial charge in [-0.15, -0.1) is 0 Å². The van der Waals surface area contributed by atoms with Crippen molar-refractivity contribution in [2.75, 3.05) is 24.6 Å². The summed E-state index contributed by atoms with van der Waals surface area (Å²) in [5, 5.41) is 8.80. The lowest BCUT2D eigenvalue weighted by Crippen LogP contribution is -2.27. The Labute approximate surface area is 90.0 Å². The summed E-state index contributed by atoms with van der Waals surface area (Å²) in [6, 6.07) is 0. The van der Waals surface area contributed by atoms with E-state index in [2.05, 4.69) is 14.9 Å². The molecule has 0 radical (unpaired) electrons. The fraction of sp³-hybridized carbons (Fsp3) is 0.600. The van der Waals surface area contributed by atoms with E-state index in [-0.39, 0.29) is 6.61 Å². The van der Waals surface area contributed by atoms with Gasteiger partial charge in [0.15, 0.2) is 5.82 Å². The van der Waals surface area contributed by atoms with E-state index >= 15 is 0 Å². The van der Waals surface area contributed by atoms with E-state index < -0.39 is 0 Å². The molecule has 3 N–H and O–H groups in total. The summed E-state index contributed by atoms with van der Waals surface area (Å²) in [6.07, 6.45) is 4.04. The number of anilines is 1. The van der Waals surface area contributed by atoms with Crippen LogP contribution >= 0.6 is 0 Å². The zero-order valence-electron chi connectivity index (χ0n) is 9.06. The predicted octanol–water partition coefficient (Wildman–Crippen LogP) is 0.144. The van der Waals surface area contributed by atoms with Crippen LogP contribution in [0.25, 0.3) is 0 Å². The first-order valence-electron chi connectivity index (χ1n) is 5.19. The van der Waals surface area contributed by atoms with Gasteiger partial charge in [0.25, 0.3) is 0 Å². The van der Waals surface area contributed by atoms with Crippen LogP contribution in [0.15, 0.2) is 12.4 Å². The van der Waals surface area contributed by atoms with E-state index in [0.29, 0.717) is 6.54 Å². The second-order valence-corrected chi connectivity index (χ2v) is 3.19. The van der Waals surface area contributed by atoms with Crippen molar-refractivity contribution in [3.8, 4) is 0 Å². The minimum Gasteiger partial charge on any atom is -0.396 e. The predicted molar refractivity (Wildman–Crippen MR) is 59.5 cm³/mol. The summed E-state index contributed by atoms with van der Waals surface area (Å²) in [5.74, 6) is 0.830. The van der Waals surface area contributed by atoms with Crippen molar-refractivity contribution in [2.45, 2.75) is 19.9 Å². The maximum Gasteiger partial charge on any atom is 0.151 e. The zero-order chi connectivity index (χ0) is 11.1. The van der Waals surface area contributed by atoms with Crippen molar-refractivity contribution in [1.29, 1.82) is 0 Å². The molecule has 0 spiro atoms. The molecular formula is C10H18N4O. The van der Waals surface area contributed by atoms with Gasteiger partial charge in [-0.1, -0.05) is 0 Å². The molecule has 1 rings (SSSR count). The summed E-state index contributed by atoms with van der Waals surface area (Å²) in [5.41, 5.74) is 6.40. The van der Waals surface area contributed by atoms with E-state index in [1.807, 2.05) is 6.92 Å². The van der Waals surface area contributed by atoms with Crippen molar-refractivity contribution in [1.82, 2.24) is 9.97 Å². The van der Waals surface area contributed by atoms with Crippen LogP contribution in [-0.4, -0.2) is 34.8 Å². The second-order valence-electron chi connectivity index (χ2n) is 3.19. The van der Waals surface area contributed by atoms with Crippen molar-refractivity contribution in [3.05, 3.63) is 18.1 Å². The molecule has 0 fully saturated rings. The van der Waals surface area contributed by atoms with Gasteiger partial charge in [0.1, 0.15) is 0 Å². The summed E-state index contributed by atoms with van der Waals surface area (Å²) in [6.45, 7) is 4.24. The fourth-order valence-corrected chi connectivity index (χ4v) is 1.44. The second kappa shape index (κ2) is 6.31. The Balaban J connectivity index is 2.80. The van der Waals surface area contributed by atoms with Crippen molar-refractivity contribution in [3.63, 3.8) is 0 Å². The first kappa shape index (κ1) is 11.9.